The molecule has 0 spiro atoms. The number of Topliss-reactive ketones (excluding diaryl/α,β-unsaturated/α-hetero) is 1. The van der Waals surface area contributed by atoms with E-state index in [1.807, 2.05) is 0 Å². The highest BCUT2D eigenvalue weighted by Crippen LogP contribution is 2.44. The maximum atomic E-state index is 13.6. The summed E-state index contributed by atoms with van der Waals surface area (Å²) in [6.07, 6.45) is 0.767. The molecule has 3 rings (SSSR count). The van der Waals surface area contributed by atoms with E-state index in [-0.39, 0.29) is 11.3 Å². The number of aromatic hydroxyl groups is 2. The number of rotatable bonds is 1. The average Bonchev–Trinajstić information content (AvgIpc) is 2.76. The van der Waals surface area contributed by atoms with Crippen LogP contribution in [0.2, 0.25) is 0 Å². The molecule has 0 aliphatic carbocycles. The lowest BCUT2D eigenvalue weighted by Crippen LogP contribution is -2.00. The second-order valence-corrected chi connectivity index (χ2v) is 4.53. The lowest BCUT2D eigenvalue weighted by Gasteiger charge is -2.03. The fourth-order valence-corrected chi connectivity index (χ4v) is 2.05. The molecular weight excluding hydrogens is 301 g/mol. The Hall–Kier alpha value is -2.96. The molecule has 0 radical (unpaired) electrons. The maximum absolute atomic E-state index is 13.6. The number of halogens is 3. The van der Waals surface area contributed by atoms with Gasteiger partial charge in [-0.05, 0) is 18.2 Å². The lowest BCUT2D eigenvalue weighted by atomic mass is 10.1. The molecule has 0 amide bonds. The van der Waals surface area contributed by atoms with Gasteiger partial charge in [0, 0.05) is 12.1 Å². The molecule has 0 aromatic heterocycles. The molecule has 2 aromatic carbocycles. The largest absolute Gasteiger partial charge is 0.504 e. The zero-order valence-electron chi connectivity index (χ0n) is 10.7. The topological polar surface area (TPSA) is 66.8 Å². The quantitative estimate of drug-likeness (QED) is 0.627. The van der Waals surface area contributed by atoms with Gasteiger partial charge in [-0.2, -0.15) is 0 Å². The molecule has 2 N–H and O–H groups in total. The maximum Gasteiger partial charge on any atom is 0.232 e. The summed E-state index contributed by atoms with van der Waals surface area (Å²) in [6, 6.07) is 3.21. The van der Waals surface area contributed by atoms with Crippen LogP contribution in [-0.2, 0) is 0 Å². The second kappa shape index (κ2) is 4.80. The monoisotopic (exact) mass is 308 g/mol. The molecule has 1 aliphatic heterocycles. The summed E-state index contributed by atoms with van der Waals surface area (Å²) < 4.78 is 45.1. The summed E-state index contributed by atoms with van der Waals surface area (Å²) in [5, 5.41) is 19.0. The highest BCUT2D eigenvalue weighted by molar-refractivity contribution is 6.15. The summed E-state index contributed by atoms with van der Waals surface area (Å²) >= 11 is 0. The Morgan fingerprint density at radius 1 is 1.05 bits per heavy atom. The molecule has 1 aliphatic rings. The number of hydrogen-bond acceptors (Lipinski definition) is 4. The van der Waals surface area contributed by atoms with Crippen molar-refractivity contribution in [2.75, 3.05) is 0 Å². The van der Waals surface area contributed by atoms with E-state index < -0.39 is 46.1 Å². The zero-order valence-corrected chi connectivity index (χ0v) is 10.7. The van der Waals surface area contributed by atoms with Crippen LogP contribution in [0.5, 0.6) is 17.2 Å². The Morgan fingerprint density at radius 3 is 2.32 bits per heavy atom. The first-order valence-electron chi connectivity index (χ1n) is 6.02. The minimum atomic E-state index is -1.20. The van der Waals surface area contributed by atoms with Crippen molar-refractivity contribution in [1.29, 1.82) is 0 Å². The first kappa shape index (κ1) is 14.0. The van der Waals surface area contributed by atoms with Crippen LogP contribution in [0.4, 0.5) is 13.2 Å². The molecule has 22 heavy (non-hydrogen) atoms. The Kier molecular flexibility index (Phi) is 3.05. The molecule has 0 atom stereocenters. The van der Waals surface area contributed by atoms with Crippen LogP contribution < -0.4 is 4.74 Å². The lowest BCUT2D eigenvalue weighted by molar-refractivity contribution is 0.101. The normalized spacial score (nSPS) is 15.0. The molecule has 0 saturated heterocycles. The number of carbonyl (C=O) groups is 1. The number of phenolic OH excluding ortho intramolecular Hbond substituents is 2. The van der Waals surface area contributed by atoms with Crippen molar-refractivity contribution in [1.82, 2.24) is 0 Å². The van der Waals surface area contributed by atoms with E-state index in [0.717, 1.165) is 12.1 Å². The molecule has 7 heteroatoms. The number of benzene rings is 2. The minimum absolute atomic E-state index is 0.0653. The Morgan fingerprint density at radius 2 is 1.68 bits per heavy atom. The Bertz CT molecular complexity index is 820. The van der Waals surface area contributed by atoms with Crippen molar-refractivity contribution in [2.45, 2.75) is 0 Å². The number of ketones is 1. The van der Waals surface area contributed by atoms with Gasteiger partial charge < -0.3 is 14.9 Å². The van der Waals surface area contributed by atoms with Crippen LogP contribution in [0.1, 0.15) is 15.9 Å². The van der Waals surface area contributed by atoms with E-state index in [4.69, 9.17) is 4.74 Å². The van der Waals surface area contributed by atoms with Crippen molar-refractivity contribution < 1.29 is 32.9 Å². The summed E-state index contributed by atoms with van der Waals surface area (Å²) in [4.78, 5) is 12.0. The third kappa shape index (κ3) is 2.07. The fourth-order valence-electron chi connectivity index (χ4n) is 2.05. The van der Waals surface area contributed by atoms with Crippen LogP contribution in [0.25, 0.3) is 6.08 Å². The van der Waals surface area contributed by atoms with Crippen LogP contribution >= 0.6 is 0 Å². The molecular formula is C15H7F3O4. The molecule has 4 nitrogen and oxygen atoms in total. The van der Waals surface area contributed by atoms with Crippen molar-refractivity contribution >= 4 is 11.9 Å². The fraction of sp³-hybridized carbons (Fsp3) is 0. The van der Waals surface area contributed by atoms with Gasteiger partial charge in [-0.1, -0.05) is 0 Å². The molecule has 0 bridgehead atoms. The SMILES string of the molecule is O=C1C(=Cc2c(F)cc(F)cc2F)Oc2c1ccc(O)c2O. The summed E-state index contributed by atoms with van der Waals surface area (Å²) in [5.41, 5.74) is -0.717. The van der Waals surface area contributed by atoms with Gasteiger partial charge in [0.25, 0.3) is 0 Å². The van der Waals surface area contributed by atoms with Crippen LogP contribution in [-0.4, -0.2) is 16.0 Å². The van der Waals surface area contributed by atoms with E-state index in [1.165, 1.54) is 6.07 Å². The zero-order chi connectivity index (χ0) is 16.0. The molecule has 1 heterocycles. The first-order valence-corrected chi connectivity index (χ1v) is 6.02. The van der Waals surface area contributed by atoms with Crippen LogP contribution in [0, 0.1) is 17.5 Å². The van der Waals surface area contributed by atoms with Gasteiger partial charge in [-0.3, -0.25) is 4.79 Å². The van der Waals surface area contributed by atoms with Crippen LogP contribution in [0.3, 0.4) is 0 Å². The number of fused-ring (bicyclic) bond motifs is 1. The summed E-state index contributed by atoms with van der Waals surface area (Å²) in [6.45, 7) is 0. The van der Waals surface area contributed by atoms with Gasteiger partial charge in [-0.15, -0.1) is 0 Å². The van der Waals surface area contributed by atoms with E-state index in [9.17, 15) is 28.2 Å². The van der Waals surface area contributed by atoms with E-state index >= 15 is 0 Å². The van der Waals surface area contributed by atoms with Crippen molar-refractivity contribution in [3.8, 4) is 17.2 Å². The average molecular weight is 308 g/mol. The number of hydrogen-bond donors (Lipinski definition) is 2. The second-order valence-electron chi connectivity index (χ2n) is 4.53. The first-order chi connectivity index (χ1) is 10.4. The highest BCUT2D eigenvalue weighted by Gasteiger charge is 2.31. The summed E-state index contributed by atoms with van der Waals surface area (Å²) in [7, 11) is 0. The molecule has 112 valence electrons. The van der Waals surface area contributed by atoms with Crippen LogP contribution in [0.15, 0.2) is 30.0 Å². The third-order valence-electron chi connectivity index (χ3n) is 3.11. The minimum Gasteiger partial charge on any atom is -0.504 e. The predicted molar refractivity (Wildman–Crippen MR) is 69.0 cm³/mol. The number of carbonyl (C=O) groups excluding carboxylic acids is 1. The number of ether oxygens (including phenoxy) is 1. The predicted octanol–water partition coefficient (Wildman–Crippen LogP) is 3.13. The van der Waals surface area contributed by atoms with Crippen molar-refractivity contribution in [3.63, 3.8) is 0 Å². The number of phenols is 2. The van der Waals surface area contributed by atoms with E-state index in [2.05, 4.69) is 0 Å². The Labute approximate surface area is 121 Å². The Balaban J connectivity index is 2.09. The van der Waals surface area contributed by atoms with Gasteiger partial charge in [0.05, 0.1) is 11.1 Å². The standard InChI is InChI=1S/C15H7F3O4/c16-6-3-9(17)8(10(18)4-6)5-12-13(20)7-1-2-11(19)14(21)15(7)22-12/h1-5,19,21H. The van der Waals surface area contributed by atoms with Gasteiger partial charge in [0.15, 0.2) is 17.3 Å². The van der Waals surface area contributed by atoms with Gasteiger partial charge in [0.2, 0.25) is 11.5 Å². The highest BCUT2D eigenvalue weighted by atomic mass is 19.1. The smallest absolute Gasteiger partial charge is 0.232 e. The van der Waals surface area contributed by atoms with Gasteiger partial charge in [-0.25, -0.2) is 13.2 Å². The van der Waals surface area contributed by atoms with E-state index in [0.29, 0.717) is 12.1 Å². The molecule has 2 aromatic rings. The third-order valence-corrected chi connectivity index (χ3v) is 3.11. The number of allylic oxidation sites excluding steroid dienone is 1. The molecule has 0 saturated carbocycles. The molecule has 0 fully saturated rings. The van der Waals surface area contributed by atoms with Gasteiger partial charge >= 0.3 is 0 Å². The van der Waals surface area contributed by atoms with E-state index in [1.54, 1.807) is 0 Å². The van der Waals surface area contributed by atoms with Crippen molar-refractivity contribution in [2.24, 2.45) is 0 Å². The molecule has 0 unspecified atom stereocenters. The van der Waals surface area contributed by atoms with Gasteiger partial charge in [0.1, 0.15) is 17.5 Å². The summed E-state index contributed by atoms with van der Waals surface area (Å²) in [5.74, 6) is -6.16. The van der Waals surface area contributed by atoms with Crippen molar-refractivity contribution in [3.05, 3.63) is 58.6 Å².